The number of phenols is 1. The minimum atomic E-state index is -3.50. The molecule has 3 atom stereocenters. The largest absolute Gasteiger partial charge is 0.508 e. The Labute approximate surface area is 240 Å². The molecule has 1 fully saturated rings. The molecule has 224 valence electrons. The van der Waals surface area contributed by atoms with Gasteiger partial charge in [0.25, 0.3) is 11.8 Å². The third-order valence-electron chi connectivity index (χ3n) is 9.50. The van der Waals surface area contributed by atoms with Crippen molar-refractivity contribution in [2.45, 2.75) is 96.9 Å². The second-order valence-corrected chi connectivity index (χ2v) is 12.3. The Morgan fingerprint density at radius 3 is 2.46 bits per heavy atom. The minimum absolute atomic E-state index is 0.0169. The summed E-state index contributed by atoms with van der Waals surface area (Å²) >= 11 is 0. The number of carboxylic acid groups (broad SMARTS) is 1. The summed E-state index contributed by atoms with van der Waals surface area (Å²) in [5.41, 5.74) is -1.56. The van der Waals surface area contributed by atoms with Crippen LogP contribution < -0.4 is 10.2 Å². The van der Waals surface area contributed by atoms with Crippen LogP contribution in [-0.2, 0) is 16.1 Å². The van der Waals surface area contributed by atoms with E-state index in [1.54, 1.807) is 30.9 Å². The van der Waals surface area contributed by atoms with Crippen molar-refractivity contribution >= 4 is 23.5 Å². The topological polar surface area (TPSA) is 116 Å². The summed E-state index contributed by atoms with van der Waals surface area (Å²) in [5, 5.41) is 23.3. The molecule has 10 heteroatoms. The lowest BCUT2D eigenvalue weighted by Gasteiger charge is -2.44. The molecule has 2 heterocycles. The van der Waals surface area contributed by atoms with Gasteiger partial charge in [-0.2, -0.15) is 8.78 Å². The molecule has 1 saturated carbocycles. The van der Waals surface area contributed by atoms with Crippen molar-refractivity contribution in [3.8, 4) is 5.75 Å². The van der Waals surface area contributed by atoms with Crippen molar-refractivity contribution in [1.82, 2.24) is 15.3 Å². The van der Waals surface area contributed by atoms with E-state index in [1.807, 2.05) is 13.8 Å². The number of alkyl halides is 2. The van der Waals surface area contributed by atoms with E-state index in [2.05, 4.69) is 22.2 Å². The highest BCUT2D eigenvalue weighted by atomic mass is 19.3. The first kappa shape index (κ1) is 30.7. The molecule has 8 nitrogen and oxygen atoms in total. The van der Waals surface area contributed by atoms with Crippen LogP contribution in [-0.4, -0.2) is 44.1 Å². The first-order valence-corrected chi connectivity index (χ1v) is 14.6. The maximum absolute atomic E-state index is 15.1. The van der Waals surface area contributed by atoms with E-state index in [4.69, 9.17) is 0 Å². The van der Waals surface area contributed by atoms with Gasteiger partial charge in [0.1, 0.15) is 17.0 Å². The molecule has 3 unspecified atom stereocenters. The highest BCUT2D eigenvalue weighted by Crippen LogP contribution is 2.49. The molecule has 0 saturated heterocycles. The van der Waals surface area contributed by atoms with Gasteiger partial charge in [0, 0.05) is 30.8 Å². The number of phenolic OH excluding ortho intramolecular Hbond substituents is 1. The van der Waals surface area contributed by atoms with Crippen LogP contribution in [0.15, 0.2) is 24.4 Å². The standard InChI is InChI=1S/C31H42F2N4O4/c1-7-30(8-2)17-37(24-13-12-21(38)15-23(24)30)28-34-16-22(25(35-28)29(6,32)33)26(39)36-31(18(3)4,27(40)41)20-11-9-10-19(5)14-20/h12-13,15-16,18-20,38H,7-11,14,17H2,1-6H3,(H,36,39)(H,40,41). The highest BCUT2D eigenvalue weighted by molar-refractivity contribution is 5.99. The second-order valence-electron chi connectivity index (χ2n) is 12.3. The summed E-state index contributed by atoms with van der Waals surface area (Å²) in [6, 6.07) is 4.96. The highest BCUT2D eigenvalue weighted by Gasteiger charge is 2.51. The number of carbonyl (C=O) groups is 2. The number of nitrogens with one attached hydrogen (secondary N) is 1. The average Bonchev–Trinajstić information content (AvgIpc) is 3.24. The number of carbonyl (C=O) groups excluding carboxylic acids is 1. The van der Waals surface area contributed by atoms with Crippen molar-refractivity contribution in [2.75, 3.05) is 11.4 Å². The normalized spacial score (nSPS) is 21.8. The van der Waals surface area contributed by atoms with Crippen molar-refractivity contribution < 1.29 is 28.6 Å². The van der Waals surface area contributed by atoms with Crippen LogP contribution in [0.3, 0.4) is 0 Å². The predicted octanol–water partition coefficient (Wildman–Crippen LogP) is 6.54. The number of aromatic hydroxyl groups is 1. The Morgan fingerprint density at radius 1 is 1.22 bits per heavy atom. The fraction of sp³-hybridized carbons (Fsp3) is 0.613. The number of rotatable bonds is 9. The van der Waals surface area contributed by atoms with E-state index in [-0.39, 0.29) is 23.0 Å². The van der Waals surface area contributed by atoms with Crippen LogP contribution in [0.1, 0.15) is 102 Å². The lowest BCUT2D eigenvalue weighted by Crippen LogP contribution is -2.63. The summed E-state index contributed by atoms with van der Waals surface area (Å²) in [6.07, 6.45) is 5.65. The Kier molecular flexibility index (Phi) is 8.35. The van der Waals surface area contributed by atoms with Gasteiger partial charge >= 0.3 is 5.97 Å². The monoisotopic (exact) mass is 572 g/mol. The first-order chi connectivity index (χ1) is 19.2. The number of anilines is 2. The summed E-state index contributed by atoms with van der Waals surface area (Å²) < 4.78 is 30.2. The molecule has 1 aliphatic heterocycles. The quantitative estimate of drug-likeness (QED) is 0.313. The van der Waals surface area contributed by atoms with E-state index in [9.17, 15) is 19.8 Å². The van der Waals surface area contributed by atoms with Crippen molar-refractivity contribution in [2.24, 2.45) is 17.8 Å². The van der Waals surface area contributed by atoms with Gasteiger partial charge in [0.15, 0.2) is 0 Å². The molecule has 4 rings (SSSR count). The number of benzene rings is 1. The van der Waals surface area contributed by atoms with Crippen molar-refractivity contribution in [3.63, 3.8) is 0 Å². The molecule has 2 aromatic rings. The van der Waals surface area contributed by atoms with Gasteiger partial charge in [-0.1, -0.05) is 47.5 Å². The molecule has 2 aliphatic rings. The maximum Gasteiger partial charge on any atom is 0.329 e. The zero-order valence-corrected chi connectivity index (χ0v) is 24.8. The Morgan fingerprint density at radius 2 is 1.90 bits per heavy atom. The summed E-state index contributed by atoms with van der Waals surface area (Å²) in [7, 11) is 0. The fourth-order valence-corrected chi connectivity index (χ4v) is 6.99. The van der Waals surface area contributed by atoms with E-state index in [0.717, 1.165) is 37.4 Å². The van der Waals surface area contributed by atoms with E-state index < -0.39 is 40.5 Å². The molecule has 41 heavy (non-hydrogen) atoms. The number of carboxylic acids is 1. The van der Waals surface area contributed by atoms with Gasteiger partial charge in [-0.05, 0) is 67.2 Å². The molecule has 1 amide bonds. The lowest BCUT2D eigenvalue weighted by atomic mass is 9.66. The van der Waals surface area contributed by atoms with Crippen LogP contribution in [0.4, 0.5) is 20.4 Å². The van der Waals surface area contributed by atoms with Crippen LogP contribution >= 0.6 is 0 Å². The van der Waals surface area contributed by atoms with Gasteiger partial charge in [-0.25, -0.2) is 14.8 Å². The zero-order chi connectivity index (χ0) is 30.3. The van der Waals surface area contributed by atoms with Crippen LogP contribution in [0.5, 0.6) is 5.75 Å². The summed E-state index contributed by atoms with van der Waals surface area (Å²) in [6.45, 7) is 10.7. The van der Waals surface area contributed by atoms with Crippen molar-refractivity contribution in [1.29, 1.82) is 0 Å². The third kappa shape index (κ3) is 5.37. The predicted molar refractivity (Wildman–Crippen MR) is 153 cm³/mol. The van der Waals surface area contributed by atoms with Crippen molar-refractivity contribution in [3.05, 3.63) is 41.2 Å². The molecular weight excluding hydrogens is 530 g/mol. The molecular formula is C31H42F2N4O4. The van der Waals surface area contributed by atoms with Crippen LogP contribution in [0.25, 0.3) is 0 Å². The number of aromatic nitrogens is 2. The number of halogens is 2. The minimum Gasteiger partial charge on any atom is -0.508 e. The molecule has 3 N–H and O–H groups in total. The third-order valence-corrected chi connectivity index (χ3v) is 9.50. The number of hydrogen-bond donors (Lipinski definition) is 3. The summed E-state index contributed by atoms with van der Waals surface area (Å²) in [5.74, 6) is -6.00. The molecule has 1 aliphatic carbocycles. The molecule has 1 aromatic carbocycles. The van der Waals surface area contributed by atoms with Gasteiger partial charge in [-0.3, -0.25) is 4.79 Å². The first-order valence-electron chi connectivity index (χ1n) is 14.6. The van der Waals surface area contributed by atoms with Crippen LogP contribution in [0, 0.1) is 17.8 Å². The number of hydrogen-bond acceptors (Lipinski definition) is 6. The van der Waals surface area contributed by atoms with Gasteiger partial charge in [-0.15, -0.1) is 0 Å². The molecule has 0 radical (unpaired) electrons. The zero-order valence-electron chi connectivity index (χ0n) is 24.8. The Balaban J connectivity index is 1.77. The fourth-order valence-electron chi connectivity index (χ4n) is 6.99. The number of aliphatic carboxylic acids is 1. The second kappa shape index (κ2) is 11.2. The number of nitrogens with zero attached hydrogens (tertiary/aromatic N) is 3. The van der Waals surface area contributed by atoms with Gasteiger partial charge < -0.3 is 20.4 Å². The molecule has 0 spiro atoms. The van der Waals surface area contributed by atoms with Gasteiger partial charge in [0.2, 0.25) is 5.95 Å². The smallest absolute Gasteiger partial charge is 0.329 e. The lowest BCUT2D eigenvalue weighted by molar-refractivity contribution is -0.150. The Bertz CT molecular complexity index is 1310. The van der Waals surface area contributed by atoms with E-state index in [1.165, 1.54) is 6.07 Å². The van der Waals surface area contributed by atoms with E-state index >= 15 is 8.78 Å². The van der Waals surface area contributed by atoms with Gasteiger partial charge in [0.05, 0.1) is 5.56 Å². The molecule has 0 bridgehead atoms. The SMILES string of the molecule is CCC1(CC)CN(c2ncc(C(=O)NC(C(=O)O)(C(C)C)C3CCCC(C)C3)c(C(C)(F)F)n2)c2ccc(O)cc21. The van der Waals surface area contributed by atoms with E-state index in [0.29, 0.717) is 37.9 Å². The maximum atomic E-state index is 15.1. The number of amides is 1. The van der Waals surface area contributed by atoms with Crippen LogP contribution in [0.2, 0.25) is 0 Å². The summed E-state index contributed by atoms with van der Waals surface area (Å²) in [4.78, 5) is 36.8. The Hall–Kier alpha value is -3.30. The molecule has 1 aromatic heterocycles. The number of fused-ring (bicyclic) bond motifs is 1. The average molecular weight is 573 g/mol.